The Morgan fingerprint density at radius 2 is 1.83 bits per heavy atom. The molecular weight excluding hydrogens is 448 g/mol. The highest BCUT2D eigenvalue weighted by Crippen LogP contribution is 2.18. The van der Waals surface area contributed by atoms with Gasteiger partial charge in [-0.15, -0.1) is 0 Å². The van der Waals surface area contributed by atoms with Crippen molar-refractivity contribution < 1.29 is 9.72 Å². The molecule has 10 nitrogen and oxygen atoms in total. The van der Waals surface area contributed by atoms with Crippen molar-refractivity contribution in [1.29, 1.82) is 0 Å². The SMILES string of the molecule is O=C(NCCn1ncc2c(=O)n(Cc3cccc([N+](=O)[O-])c3)cnc21)c1cccc2ccccc12. The van der Waals surface area contributed by atoms with Crippen LogP contribution in [-0.2, 0) is 13.1 Å². The highest BCUT2D eigenvalue weighted by atomic mass is 16.6. The number of hydrogen-bond donors (Lipinski definition) is 1. The third kappa shape index (κ3) is 4.36. The van der Waals surface area contributed by atoms with E-state index in [1.54, 1.807) is 22.9 Å². The van der Waals surface area contributed by atoms with Crippen LogP contribution in [0.2, 0.25) is 0 Å². The Morgan fingerprint density at radius 1 is 1.03 bits per heavy atom. The van der Waals surface area contributed by atoms with Gasteiger partial charge in [-0.05, 0) is 22.4 Å². The van der Waals surface area contributed by atoms with Crippen molar-refractivity contribution in [3.8, 4) is 0 Å². The number of aromatic nitrogens is 4. The van der Waals surface area contributed by atoms with Crippen molar-refractivity contribution in [2.24, 2.45) is 0 Å². The number of fused-ring (bicyclic) bond motifs is 2. The second-order valence-electron chi connectivity index (χ2n) is 7.99. The Labute approximate surface area is 198 Å². The molecule has 0 fully saturated rings. The molecule has 5 rings (SSSR count). The average Bonchev–Trinajstić information content (AvgIpc) is 3.29. The van der Waals surface area contributed by atoms with Crippen LogP contribution in [0.25, 0.3) is 21.8 Å². The molecular formula is C25H20N6O4. The van der Waals surface area contributed by atoms with Gasteiger partial charge < -0.3 is 5.32 Å². The number of nitro benzene ring substituents is 1. The van der Waals surface area contributed by atoms with E-state index in [1.165, 1.54) is 29.2 Å². The second-order valence-corrected chi connectivity index (χ2v) is 7.99. The predicted octanol–water partition coefficient (Wildman–Crippen LogP) is 3.13. The van der Waals surface area contributed by atoms with Crippen LogP contribution in [-0.4, -0.2) is 36.7 Å². The third-order valence-electron chi connectivity index (χ3n) is 5.74. The van der Waals surface area contributed by atoms with Gasteiger partial charge >= 0.3 is 0 Å². The first-order valence-corrected chi connectivity index (χ1v) is 10.9. The van der Waals surface area contributed by atoms with Crippen molar-refractivity contribution in [3.05, 3.63) is 111 Å². The fourth-order valence-electron chi connectivity index (χ4n) is 4.03. The minimum Gasteiger partial charge on any atom is -0.350 e. The molecule has 0 saturated carbocycles. The van der Waals surface area contributed by atoms with Gasteiger partial charge in [0.1, 0.15) is 11.7 Å². The summed E-state index contributed by atoms with van der Waals surface area (Å²) in [7, 11) is 0. The summed E-state index contributed by atoms with van der Waals surface area (Å²) in [5.41, 5.74) is 1.28. The fourth-order valence-corrected chi connectivity index (χ4v) is 4.03. The maximum atomic E-state index is 12.9. The Morgan fingerprint density at radius 3 is 2.69 bits per heavy atom. The van der Waals surface area contributed by atoms with E-state index >= 15 is 0 Å². The van der Waals surface area contributed by atoms with Crippen molar-refractivity contribution in [3.63, 3.8) is 0 Å². The lowest BCUT2D eigenvalue weighted by molar-refractivity contribution is -0.384. The maximum Gasteiger partial charge on any atom is 0.269 e. The van der Waals surface area contributed by atoms with Crippen LogP contribution in [0.4, 0.5) is 5.69 Å². The van der Waals surface area contributed by atoms with E-state index in [0.29, 0.717) is 35.2 Å². The Hall–Kier alpha value is -4.86. The van der Waals surface area contributed by atoms with Crippen LogP contribution < -0.4 is 10.9 Å². The Balaban J connectivity index is 1.30. The first-order valence-electron chi connectivity index (χ1n) is 10.9. The number of amides is 1. The average molecular weight is 468 g/mol. The van der Waals surface area contributed by atoms with E-state index < -0.39 is 4.92 Å². The number of carbonyl (C=O) groups is 1. The Bertz CT molecular complexity index is 1630. The van der Waals surface area contributed by atoms with Gasteiger partial charge in [0, 0.05) is 24.2 Å². The monoisotopic (exact) mass is 468 g/mol. The fraction of sp³-hybridized carbons (Fsp3) is 0.120. The molecule has 0 spiro atoms. The predicted molar refractivity (Wildman–Crippen MR) is 130 cm³/mol. The van der Waals surface area contributed by atoms with Crippen LogP contribution >= 0.6 is 0 Å². The number of benzene rings is 3. The van der Waals surface area contributed by atoms with Crippen molar-refractivity contribution >= 4 is 33.4 Å². The summed E-state index contributed by atoms with van der Waals surface area (Å²) in [4.78, 5) is 40.6. The minimum absolute atomic E-state index is 0.0389. The molecule has 5 aromatic rings. The number of carbonyl (C=O) groups excluding carboxylic acids is 1. The lowest BCUT2D eigenvalue weighted by Crippen LogP contribution is -2.28. The molecule has 0 unspecified atom stereocenters. The second kappa shape index (κ2) is 9.18. The number of nitro groups is 1. The van der Waals surface area contributed by atoms with E-state index in [4.69, 9.17) is 0 Å². The zero-order chi connectivity index (χ0) is 24.4. The summed E-state index contributed by atoms with van der Waals surface area (Å²) in [6.07, 6.45) is 2.84. The van der Waals surface area contributed by atoms with E-state index in [0.717, 1.165) is 10.8 Å². The maximum absolute atomic E-state index is 12.9. The Kier molecular flexibility index (Phi) is 5.76. The lowest BCUT2D eigenvalue weighted by atomic mass is 10.0. The van der Waals surface area contributed by atoms with Gasteiger partial charge in [0.2, 0.25) is 0 Å². The lowest BCUT2D eigenvalue weighted by Gasteiger charge is -2.09. The molecule has 35 heavy (non-hydrogen) atoms. The van der Waals surface area contributed by atoms with Gasteiger partial charge in [0.25, 0.3) is 17.2 Å². The largest absolute Gasteiger partial charge is 0.350 e. The third-order valence-corrected chi connectivity index (χ3v) is 5.74. The van der Waals surface area contributed by atoms with E-state index in [-0.39, 0.29) is 23.7 Å². The molecule has 2 aromatic heterocycles. The summed E-state index contributed by atoms with van der Waals surface area (Å²) in [5.74, 6) is -0.189. The molecule has 10 heteroatoms. The summed E-state index contributed by atoms with van der Waals surface area (Å²) in [6, 6.07) is 19.4. The molecule has 1 N–H and O–H groups in total. The standard InChI is InChI=1S/C25H20N6O4/c32-24(21-10-4-7-18-6-1-2-9-20(18)21)26-11-12-30-23-22(14-28-30)25(33)29(16-27-23)15-17-5-3-8-19(13-17)31(34)35/h1-10,13-14,16H,11-12,15H2,(H,26,32). The molecule has 0 aliphatic rings. The van der Waals surface area contributed by atoms with E-state index in [1.807, 2.05) is 36.4 Å². The zero-order valence-electron chi connectivity index (χ0n) is 18.5. The molecule has 0 radical (unpaired) electrons. The van der Waals surface area contributed by atoms with Crippen LogP contribution in [0.15, 0.2) is 84.0 Å². The number of non-ortho nitro benzene ring substituents is 1. The summed E-state index contributed by atoms with van der Waals surface area (Å²) in [5, 5.41) is 20.4. The minimum atomic E-state index is -0.475. The molecule has 174 valence electrons. The smallest absolute Gasteiger partial charge is 0.269 e. The summed E-state index contributed by atoms with van der Waals surface area (Å²) >= 11 is 0. The van der Waals surface area contributed by atoms with Crippen molar-refractivity contribution in [2.45, 2.75) is 13.1 Å². The number of rotatable bonds is 7. The molecule has 0 atom stereocenters. The quantitative estimate of drug-likeness (QED) is 0.289. The van der Waals surface area contributed by atoms with Gasteiger partial charge in [-0.1, -0.05) is 48.5 Å². The highest BCUT2D eigenvalue weighted by Gasteiger charge is 2.13. The van der Waals surface area contributed by atoms with Crippen LogP contribution in [0.3, 0.4) is 0 Å². The topological polar surface area (TPSA) is 125 Å². The molecule has 3 aromatic carbocycles. The van der Waals surface area contributed by atoms with Crippen LogP contribution in [0.5, 0.6) is 0 Å². The number of nitrogens with one attached hydrogen (secondary N) is 1. The van der Waals surface area contributed by atoms with Gasteiger partial charge in [-0.25, -0.2) is 9.67 Å². The molecule has 1 amide bonds. The van der Waals surface area contributed by atoms with E-state index in [2.05, 4.69) is 15.4 Å². The van der Waals surface area contributed by atoms with E-state index in [9.17, 15) is 19.7 Å². The van der Waals surface area contributed by atoms with Gasteiger partial charge in [-0.3, -0.25) is 24.3 Å². The first-order chi connectivity index (χ1) is 17.0. The number of nitrogens with zero attached hydrogens (tertiary/aromatic N) is 5. The van der Waals surface area contributed by atoms with Crippen molar-refractivity contribution in [1.82, 2.24) is 24.6 Å². The zero-order valence-corrected chi connectivity index (χ0v) is 18.5. The highest BCUT2D eigenvalue weighted by molar-refractivity contribution is 6.06. The molecule has 0 saturated heterocycles. The van der Waals surface area contributed by atoms with Gasteiger partial charge in [0.15, 0.2) is 5.65 Å². The van der Waals surface area contributed by atoms with Gasteiger partial charge in [-0.2, -0.15) is 5.10 Å². The molecule has 0 aliphatic carbocycles. The molecule has 0 aliphatic heterocycles. The normalized spacial score (nSPS) is 11.1. The molecule has 0 bridgehead atoms. The van der Waals surface area contributed by atoms with Crippen LogP contribution in [0, 0.1) is 10.1 Å². The summed E-state index contributed by atoms with van der Waals surface area (Å²) < 4.78 is 2.95. The molecule has 2 heterocycles. The first kappa shape index (κ1) is 22.0. The van der Waals surface area contributed by atoms with Crippen LogP contribution in [0.1, 0.15) is 15.9 Å². The number of hydrogen-bond acceptors (Lipinski definition) is 6. The van der Waals surface area contributed by atoms with Gasteiger partial charge in [0.05, 0.1) is 24.2 Å². The summed E-state index contributed by atoms with van der Waals surface area (Å²) in [6.45, 7) is 0.786. The van der Waals surface area contributed by atoms with Crippen molar-refractivity contribution in [2.75, 3.05) is 6.54 Å².